The number of allylic oxidation sites excluding steroid dienone is 1. The number of carbonyl (C=O) groups excluding carboxylic acids is 3. The standard InChI is InChI=1S/C33H42O14/c1-7-15(2)22(35)45-17-8-9-29(24(36)40-5)13-43-19-20(29)30(17)14-44-32(39,25(37)41-6)23(30)27(3,21(19)34)33-18-12-16(28(33,4)47-33)31(38)10-11-42-26(31)46-18/h7,10-11,16-21,23,26,34,38-39H,8-9,12-14H2,1-6H3/b15-7-/t16-,17-,18-,19-,20+,21+,23-,26+,27-,28-,29+,30+,31-,32+,33+/m1/s1. The summed E-state index contributed by atoms with van der Waals surface area (Å²) in [5.41, 5.74) is -8.28. The average molecular weight is 663 g/mol. The molecule has 0 amide bonds. The Hall–Kier alpha value is -2.59. The minimum atomic E-state index is -2.70. The fourth-order valence-corrected chi connectivity index (χ4v) is 11.9. The fraction of sp³-hybridized carbons (Fsp3) is 0.788. The van der Waals surface area contributed by atoms with E-state index in [9.17, 15) is 29.7 Å². The molecule has 4 saturated heterocycles. The van der Waals surface area contributed by atoms with Crippen LogP contribution in [0.3, 0.4) is 0 Å². The predicted octanol–water partition coefficient (Wildman–Crippen LogP) is 0.255. The van der Waals surface area contributed by atoms with Crippen molar-refractivity contribution in [1.82, 2.24) is 0 Å². The number of ether oxygens (including phenoxy) is 8. The lowest BCUT2D eigenvalue weighted by atomic mass is 9.38. The van der Waals surface area contributed by atoms with Gasteiger partial charge in [-0.15, -0.1) is 0 Å². The molecule has 2 bridgehead atoms. The van der Waals surface area contributed by atoms with E-state index in [0.29, 0.717) is 12.0 Å². The van der Waals surface area contributed by atoms with Crippen molar-refractivity contribution < 1.29 is 67.6 Å². The van der Waals surface area contributed by atoms with E-state index < -0.39 is 105 Å². The van der Waals surface area contributed by atoms with Crippen LogP contribution in [0, 0.1) is 34.0 Å². The molecule has 5 aliphatic heterocycles. The molecule has 5 heterocycles. The van der Waals surface area contributed by atoms with Gasteiger partial charge in [-0.25, -0.2) is 9.59 Å². The van der Waals surface area contributed by atoms with Crippen LogP contribution >= 0.6 is 0 Å². The highest BCUT2D eigenvalue weighted by atomic mass is 16.7. The van der Waals surface area contributed by atoms with E-state index in [1.54, 1.807) is 26.8 Å². The molecule has 0 radical (unpaired) electrons. The third-order valence-electron chi connectivity index (χ3n) is 13.8. The van der Waals surface area contributed by atoms with Gasteiger partial charge in [-0.2, -0.15) is 0 Å². The van der Waals surface area contributed by atoms with Gasteiger partial charge in [0.1, 0.15) is 17.3 Å². The number of carbonyl (C=O) groups is 3. The highest BCUT2D eigenvalue weighted by molar-refractivity contribution is 5.88. The lowest BCUT2D eigenvalue weighted by molar-refractivity contribution is -0.310. The quantitative estimate of drug-likeness (QED) is 0.157. The molecule has 0 aromatic heterocycles. The van der Waals surface area contributed by atoms with Crippen molar-refractivity contribution in [1.29, 1.82) is 0 Å². The molecule has 8 rings (SSSR count). The van der Waals surface area contributed by atoms with Crippen molar-refractivity contribution in [2.45, 2.75) is 100 Å². The van der Waals surface area contributed by atoms with Gasteiger partial charge in [0, 0.05) is 34.2 Å². The van der Waals surface area contributed by atoms with Crippen molar-refractivity contribution in [2.24, 2.45) is 34.0 Å². The lowest BCUT2D eigenvalue weighted by Gasteiger charge is -2.65. The van der Waals surface area contributed by atoms with Crippen molar-refractivity contribution in [3.05, 3.63) is 24.0 Å². The highest BCUT2D eigenvalue weighted by Crippen LogP contribution is 2.82. The number of esters is 3. The van der Waals surface area contributed by atoms with Crippen LogP contribution in [0.5, 0.6) is 0 Å². The maximum Gasteiger partial charge on any atom is 0.366 e. The monoisotopic (exact) mass is 662 g/mol. The maximum atomic E-state index is 13.8. The summed E-state index contributed by atoms with van der Waals surface area (Å²) in [6.45, 7) is 6.37. The SMILES string of the molecule is C/C=C(/C)C(=O)O[C@@H]1CC[C@]2(C(=O)OC)CO[C@@H]3[C@@H]2[C@]12CO[C@](O)(C(=O)OC)[C@@H]2[C@](C)([C@]12O[C@]1(C)[C@H]1C[C@H]2O[C@@H]2OC=C[C@]21O)[C@H]3O. The molecule has 0 aromatic carbocycles. The summed E-state index contributed by atoms with van der Waals surface area (Å²) in [7, 11) is 2.38. The molecule has 8 aliphatic rings. The molecule has 14 nitrogen and oxygen atoms in total. The Balaban J connectivity index is 1.38. The first-order valence-corrected chi connectivity index (χ1v) is 16.2. The summed E-state index contributed by atoms with van der Waals surface area (Å²) in [6, 6.07) is 0. The van der Waals surface area contributed by atoms with Gasteiger partial charge in [-0.3, -0.25) is 4.79 Å². The zero-order valence-electron chi connectivity index (χ0n) is 27.2. The number of methoxy groups -OCH3 is 2. The molecule has 0 unspecified atom stereocenters. The predicted molar refractivity (Wildman–Crippen MR) is 153 cm³/mol. The third-order valence-corrected chi connectivity index (χ3v) is 13.8. The summed E-state index contributed by atoms with van der Waals surface area (Å²) >= 11 is 0. The molecule has 1 spiro atoms. The molecule has 3 aliphatic carbocycles. The topological polar surface area (TPSA) is 189 Å². The number of aliphatic hydroxyl groups is 3. The first-order valence-electron chi connectivity index (χ1n) is 16.2. The van der Waals surface area contributed by atoms with Crippen LogP contribution in [0.15, 0.2) is 24.0 Å². The molecule has 258 valence electrons. The number of aliphatic hydroxyl groups excluding tert-OH is 1. The fourth-order valence-electron chi connectivity index (χ4n) is 11.9. The van der Waals surface area contributed by atoms with Crippen LogP contribution in [0.25, 0.3) is 0 Å². The average Bonchev–Trinajstić information content (AvgIpc) is 3.42. The zero-order valence-corrected chi connectivity index (χ0v) is 27.2. The Morgan fingerprint density at radius 3 is 2.47 bits per heavy atom. The number of epoxide rings is 1. The Morgan fingerprint density at radius 2 is 1.79 bits per heavy atom. The first kappa shape index (κ1) is 31.7. The van der Waals surface area contributed by atoms with E-state index in [1.807, 2.05) is 6.92 Å². The number of hydrogen-bond donors (Lipinski definition) is 3. The Labute approximate surface area is 271 Å². The van der Waals surface area contributed by atoms with E-state index >= 15 is 0 Å². The molecule has 0 aromatic rings. The van der Waals surface area contributed by atoms with Gasteiger partial charge in [0.15, 0.2) is 5.60 Å². The van der Waals surface area contributed by atoms with Gasteiger partial charge in [-0.05, 0) is 46.1 Å². The second-order valence-corrected chi connectivity index (χ2v) is 15.1. The van der Waals surface area contributed by atoms with Crippen molar-refractivity contribution in [3.8, 4) is 0 Å². The minimum absolute atomic E-state index is 0.115. The van der Waals surface area contributed by atoms with E-state index in [0.717, 1.165) is 7.11 Å². The molecular weight excluding hydrogens is 620 g/mol. The van der Waals surface area contributed by atoms with Crippen LogP contribution < -0.4 is 0 Å². The van der Waals surface area contributed by atoms with Crippen LogP contribution in [-0.4, -0.2) is 114 Å². The molecule has 14 heteroatoms. The summed E-state index contributed by atoms with van der Waals surface area (Å²) in [4.78, 5) is 41.0. The van der Waals surface area contributed by atoms with Crippen molar-refractivity contribution in [3.63, 3.8) is 0 Å². The van der Waals surface area contributed by atoms with Crippen LogP contribution in [0.4, 0.5) is 0 Å². The van der Waals surface area contributed by atoms with E-state index in [4.69, 9.17) is 37.9 Å². The van der Waals surface area contributed by atoms with E-state index in [-0.39, 0.29) is 26.1 Å². The Morgan fingerprint density at radius 1 is 1.06 bits per heavy atom. The normalized spacial score (nSPS) is 56.1. The Kier molecular flexibility index (Phi) is 6.30. The summed E-state index contributed by atoms with van der Waals surface area (Å²) in [5, 5.41) is 37.1. The van der Waals surface area contributed by atoms with Crippen LogP contribution in [-0.2, 0) is 52.3 Å². The van der Waals surface area contributed by atoms with Gasteiger partial charge in [0.2, 0.25) is 6.29 Å². The van der Waals surface area contributed by atoms with E-state index in [2.05, 4.69) is 0 Å². The third kappa shape index (κ3) is 3.16. The molecule has 15 atom stereocenters. The number of hydrogen-bond acceptors (Lipinski definition) is 14. The van der Waals surface area contributed by atoms with Gasteiger partial charge >= 0.3 is 17.9 Å². The lowest BCUT2D eigenvalue weighted by Crippen LogP contribution is -2.77. The minimum Gasteiger partial charge on any atom is -0.469 e. The molecule has 7 fully saturated rings. The molecule has 3 N–H and O–H groups in total. The molecule has 47 heavy (non-hydrogen) atoms. The van der Waals surface area contributed by atoms with Gasteiger partial charge in [0.25, 0.3) is 5.79 Å². The largest absolute Gasteiger partial charge is 0.469 e. The molecular formula is C33H42O14. The van der Waals surface area contributed by atoms with Crippen molar-refractivity contribution in [2.75, 3.05) is 27.4 Å². The van der Waals surface area contributed by atoms with Crippen LogP contribution in [0.2, 0.25) is 0 Å². The second kappa shape index (κ2) is 9.34. The maximum absolute atomic E-state index is 13.8. The number of rotatable bonds is 5. The van der Waals surface area contributed by atoms with E-state index in [1.165, 1.54) is 19.4 Å². The van der Waals surface area contributed by atoms with Gasteiger partial charge in [0.05, 0.1) is 57.4 Å². The van der Waals surface area contributed by atoms with Crippen molar-refractivity contribution >= 4 is 17.9 Å². The number of fused-ring (bicyclic) bond motifs is 7. The summed E-state index contributed by atoms with van der Waals surface area (Å²) in [6.07, 6.45) is -0.193. The summed E-state index contributed by atoms with van der Waals surface area (Å²) in [5.74, 6) is -7.90. The van der Waals surface area contributed by atoms with Crippen LogP contribution in [0.1, 0.15) is 47.0 Å². The summed E-state index contributed by atoms with van der Waals surface area (Å²) < 4.78 is 48.1. The first-order chi connectivity index (χ1) is 22.1. The van der Waals surface area contributed by atoms with Gasteiger partial charge < -0.3 is 53.2 Å². The smallest absolute Gasteiger partial charge is 0.366 e. The molecule has 3 saturated carbocycles. The zero-order chi connectivity index (χ0) is 33.7. The Bertz CT molecular complexity index is 1510. The highest BCUT2D eigenvalue weighted by Gasteiger charge is 2.96. The van der Waals surface area contributed by atoms with Gasteiger partial charge in [-0.1, -0.05) is 13.0 Å². The second-order valence-electron chi connectivity index (χ2n) is 15.1.